The van der Waals surface area contributed by atoms with Crippen molar-refractivity contribution in [3.05, 3.63) is 0 Å². The van der Waals surface area contributed by atoms with Crippen molar-refractivity contribution in [3.63, 3.8) is 0 Å². The Labute approximate surface area is 65.6 Å². The van der Waals surface area contributed by atoms with Crippen LogP contribution < -0.4 is 5.48 Å². The average molecular weight is 166 g/mol. The van der Waals surface area contributed by atoms with E-state index in [0.29, 0.717) is 12.3 Å². The van der Waals surface area contributed by atoms with Gasteiger partial charge < -0.3 is 0 Å². The summed E-state index contributed by atoms with van der Waals surface area (Å²) in [5, 5.41) is 0. The third-order valence-corrected chi connectivity index (χ3v) is 1.41. The number of hydrogen-bond acceptors (Lipinski definition) is 2. The monoisotopic (exact) mass is 165 g/mol. The molecule has 1 N–H and O–H groups in total. The molecule has 0 bridgehead atoms. The fourth-order valence-electron chi connectivity index (χ4n) is 0.496. The third kappa shape index (κ3) is 3.69. The van der Waals surface area contributed by atoms with E-state index in [-0.39, 0.29) is 11.8 Å². The van der Waals surface area contributed by atoms with E-state index in [1.165, 1.54) is 7.11 Å². The van der Waals surface area contributed by atoms with Crippen molar-refractivity contribution >= 4 is 17.5 Å². The summed E-state index contributed by atoms with van der Waals surface area (Å²) >= 11 is 5.42. The van der Waals surface area contributed by atoms with Gasteiger partial charge in [0.05, 0.1) is 7.11 Å². The quantitative estimate of drug-likeness (QED) is 0.497. The molecule has 0 radical (unpaired) electrons. The first-order chi connectivity index (χ1) is 4.72. The van der Waals surface area contributed by atoms with Crippen LogP contribution in [0.25, 0.3) is 0 Å². The number of carbonyl (C=O) groups excluding carboxylic acids is 1. The Bertz CT molecular complexity index is 108. The Hall–Kier alpha value is -0.280. The number of alkyl halides is 1. The van der Waals surface area contributed by atoms with Crippen molar-refractivity contribution in [2.24, 2.45) is 5.92 Å². The molecule has 0 aromatic carbocycles. The molecule has 0 heterocycles. The maximum absolute atomic E-state index is 10.8. The van der Waals surface area contributed by atoms with Crippen molar-refractivity contribution in [2.45, 2.75) is 13.3 Å². The lowest BCUT2D eigenvalue weighted by molar-refractivity contribution is -0.135. The molecule has 0 aliphatic carbocycles. The Balaban J connectivity index is 3.49. The van der Waals surface area contributed by atoms with Crippen molar-refractivity contribution < 1.29 is 9.63 Å². The highest BCUT2D eigenvalue weighted by Gasteiger charge is 2.10. The molecule has 0 aliphatic rings. The van der Waals surface area contributed by atoms with Crippen molar-refractivity contribution in [3.8, 4) is 0 Å². The lowest BCUT2D eigenvalue weighted by atomic mass is 10.1. The second kappa shape index (κ2) is 5.50. The molecule has 0 aromatic heterocycles. The van der Waals surface area contributed by atoms with Crippen LogP contribution in [0.3, 0.4) is 0 Å². The molecule has 0 aromatic rings. The molecule has 0 saturated heterocycles. The minimum Gasteiger partial charge on any atom is -0.277 e. The topological polar surface area (TPSA) is 38.3 Å². The van der Waals surface area contributed by atoms with Gasteiger partial charge in [0.1, 0.15) is 0 Å². The molecule has 10 heavy (non-hydrogen) atoms. The van der Waals surface area contributed by atoms with Crippen LogP contribution in [0.15, 0.2) is 0 Å². The smallest absolute Gasteiger partial charge is 0.246 e. The molecule has 1 atom stereocenters. The summed E-state index contributed by atoms with van der Waals surface area (Å²) in [5.74, 6) is 0.304. The van der Waals surface area contributed by atoms with Crippen LogP contribution in [0.2, 0.25) is 0 Å². The van der Waals surface area contributed by atoms with Crippen molar-refractivity contribution in [1.29, 1.82) is 0 Å². The minimum absolute atomic E-state index is 0.0718. The Morgan fingerprint density at radius 2 is 2.40 bits per heavy atom. The van der Waals surface area contributed by atoms with E-state index in [0.717, 1.165) is 0 Å². The maximum atomic E-state index is 10.8. The summed E-state index contributed by atoms with van der Waals surface area (Å²) in [4.78, 5) is 15.3. The molecule has 0 fully saturated rings. The number of amides is 1. The standard InChI is InChI=1S/C6H12ClNO2/c1-5(3-4-7)6(9)8-10-2/h5H,3-4H2,1-2H3,(H,8,9). The second-order valence-electron chi connectivity index (χ2n) is 2.05. The average Bonchev–Trinajstić information content (AvgIpc) is 1.89. The lowest BCUT2D eigenvalue weighted by Crippen LogP contribution is -2.28. The van der Waals surface area contributed by atoms with Gasteiger partial charge >= 0.3 is 0 Å². The van der Waals surface area contributed by atoms with Crippen LogP contribution in [-0.2, 0) is 9.63 Å². The number of hydrogen-bond donors (Lipinski definition) is 1. The van der Waals surface area contributed by atoms with Crippen LogP contribution in [-0.4, -0.2) is 18.9 Å². The van der Waals surface area contributed by atoms with Crippen LogP contribution in [0.5, 0.6) is 0 Å². The van der Waals surface area contributed by atoms with E-state index in [1.807, 2.05) is 0 Å². The highest BCUT2D eigenvalue weighted by atomic mass is 35.5. The molecule has 60 valence electrons. The predicted octanol–water partition coefficient (Wildman–Crippen LogP) is 0.929. The van der Waals surface area contributed by atoms with Gasteiger partial charge in [0.25, 0.3) is 0 Å². The number of hydroxylamine groups is 1. The molecule has 1 unspecified atom stereocenters. The number of carbonyl (C=O) groups is 1. The van der Waals surface area contributed by atoms with Gasteiger partial charge in [-0.25, -0.2) is 5.48 Å². The van der Waals surface area contributed by atoms with E-state index >= 15 is 0 Å². The summed E-state index contributed by atoms with van der Waals surface area (Å²) in [6.45, 7) is 1.80. The van der Waals surface area contributed by atoms with E-state index in [1.54, 1.807) is 6.92 Å². The minimum atomic E-state index is -0.122. The number of nitrogens with one attached hydrogen (secondary N) is 1. The first kappa shape index (κ1) is 9.72. The highest BCUT2D eigenvalue weighted by Crippen LogP contribution is 2.02. The lowest BCUT2D eigenvalue weighted by Gasteiger charge is -2.07. The normalized spacial score (nSPS) is 12.7. The summed E-state index contributed by atoms with van der Waals surface area (Å²) in [6.07, 6.45) is 0.677. The maximum Gasteiger partial charge on any atom is 0.246 e. The van der Waals surface area contributed by atoms with Gasteiger partial charge in [-0.3, -0.25) is 9.63 Å². The largest absolute Gasteiger partial charge is 0.277 e. The molecule has 4 heteroatoms. The Morgan fingerprint density at radius 3 is 2.80 bits per heavy atom. The van der Waals surface area contributed by atoms with E-state index in [9.17, 15) is 4.79 Å². The van der Waals surface area contributed by atoms with E-state index in [4.69, 9.17) is 11.6 Å². The van der Waals surface area contributed by atoms with Gasteiger partial charge in [-0.15, -0.1) is 11.6 Å². The van der Waals surface area contributed by atoms with Crippen molar-refractivity contribution in [1.82, 2.24) is 5.48 Å². The van der Waals surface area contributed by atoms with Crippen LogP contribution in [0, 0.1) is 5.92 Å². The van der Waals surface area contributed by atoms with Crippen LogP contribution >= 0.6 is 11.6 Å². The Morgan fingerprint density at radius 1 is 1.80 bits per heavy atom. The molecule has 0 aliphatic heterocycles. The van der Waals surface area contributed by atoms with Crippen molar-refractivity contribution in [2.75, 3.05) is 13.0 Å². The van der Waals surface area contributed by atoms with Crippen LogP contribution in [0.1, 0.15) is 13.3 Å². The molecule has 0 spiro atoms. The van der Waals surface area contributed by atoms with Gasteiger partial charge in [0.2, 0.25) is 5.91 Å². The van der Waals surface area contributed by atoms with Gasteiger partial charge in [0, 0.05) is 11.8 Å². The first-order valence-corrected chi connectivity index (χ1v) is 3.64. The zero-order valence-corrected chi connectivity index (χ0v) is 6.94. The molecule has 0 saturated carbocycles. The number of rotatable bonds is 4. The summed E-state index contributed by atoms with van der Waals surface area (Å²) in [5.41, 5.74) is 2.23. The predicted molar refractivity (Wildman–Crippen MR) is 39.7 cm³/mol. The van der Waals surface area contributed by atoms with Crippen LogP contribution in [0.4, 0.5) is 0 Å². The summed E-state index contributed by atoms with van der Waals surface area (Å²) in [6, 6.07) is 0. The SMILES string of the molecule is CONC(=O)C(C)CCCl. The molecular weight excluding hydrogens is 154 g/mol. The summed E-state index contributed by atoms with van der Waals surface area (Å²) < 4.78 is 0. The van der Waals surface area contributed by atoms with E-state index in [2.05, 4.69) is 10.3 Å². The Kier molecular flexibility index (Phi) is 5.35. The fourth-order valence-corrected chi connectivity index (χ4v) is 0.823. The molecule has 1 amide bonds. The third-order valence-electron chi connectivity index (χ3n) is 1.19. The fraction of sp³-hybridized carbons (Fsp3) is 0.833. The van der Waals surface area contributed by atoms with Gasteiger partial charge in [0.15, 0.2) is 0 Å². The molecular formula is C6H12ClNO2. The number of halogens is 1. The molecule has 0 rings (SSSR count). The van der Waals surface area contributed by atoms with Gasteiger partial charge in [-0.05, 0) is 6.42 Å². The highest BCUT2D eigenvalue weighted by molar-refractivity contribution is 6.17. The molecule has 3 nitrogen and oxygen atoms in total. The second-order valence-corrected chi connectivity index (χ2v) is 2.43. The van der Waals surface area contributed by atoms with Gasteiger partial charge in [-0.1, -0.05) is 6.92 Å². The zero-order chi connectivity index (χ0) is 7.98. The zero-order valence-electron chi connectivity index (χ0n) is 6.19. The first-order valence-electron chi connectivity index (χ1n) is 3.11. The summed E-state index contributed by atoms with van der Waals surface area (Å²) in [7, 11) is 1.41. The van der Waals surface area contributed by atoms with Gasteiger partial charge in [-0.2, -0.15) is 0 Å². The van der Waals surface area contributed by atoms with E-state index < -0.39 is 0 Å².